The van der Waals surface area contributed by atoms with Crippen molar-refractivity contribution in [2.24, 2.45) is 0 Å². The molecule has 3 aromatic rings. The molecule has 2 aromatic heterocycles. The molecule has 0 unspecified atom stereocenters. The smallest absolute Gasteiger partial charge is 0.254 e. The van der Waals surface area contributed by atoms with Crippen molar-refractivity contribution in [2.75, 3.05) is 18.5 Å². The molecule has 2 heterocycles. The van der Waals surface area contributed by atoms with Crippen LogP contribution in [0.3, 0.4) is 0 Å². The van der Waals surface area contributed by atoms with Crippen LogP contribution >= 0.6 is 24.0 Å². The van der Waals surface area contributed by atoms with Gasteiger partial charge in [-0.05, 0) is 47.9 Å². The van der Waals surface area contributed by atoms with E-state index in [1.54, 1.807) is 24.4 Å². The van der Waals surface area contributed by atoms with Crippen molar-refractivity contribution in [2.45, 2.75) is 25.4 Å². The molecule has 176 valence electrons. The summed E-state index contributed by atoms with van der Waals surface area (Å²) in [6, 6.07) is 8.93. The van der Waals surface area contributed by atoms with Gasteiger partial charge in [0.05, 0.1) is 24.5 Å². The lowest BCUT2D eigenvalue weighted by Crippen LogP contribution is -2.60. The molecule has 0 fully saturated rings. The third-order valence-electron chi connectivity index (χ3n) is 4.95. The van der Waals surface area contributed by atoms with Gasteiger partial charge in [0, 0.05) is 34.9 Å². The summed E-state index contributed by atoms with van der Waals surface area (Å²) >= 11 is 6.03. The molecule has 1 aromatic carbocycles. The Hall–Kier alpha value is -2.78. The minimum Gasteiger partial charge on any atom is -0.392 e. The summed E-state index contributed by atoms with van der Waals surface area (Å²) in [6.45, 7) is 2.65. The maximum absolute atomic E-state index is 14.4. The molecule has 0 saturated carbocycles. The quantitative estimate of drug-likeness (QED) is 0.352. The van der Waals surface area contributed by atoms with Gasteiger partial charge in [-0.25, -0.2) is 4.39 Å². The molecule has 0 spiro atoms. The fraction of sp³-hybridized carbons (Fsp3) is 0.261. The second-order valence-corrected chi connectivity index (χ2v) is 8.09. The van der Waals surface area contributed by atoms with E-state index < -0.39 is 30.6 Å². The lowest BCUT2D eigenvalue weighted by molar-refractivity contribution is 0.0746. The van der Waals surface area contributed by atoms with Crippen LogP contribution in [0.5, 0.6) is 0 Å². The zero-order valence-electron chi connectivity index (χ0n) is 18.0. The number of hydrogen-bond donors (Lipinski definition) is 4. The Balaban J connectivity index is 0.00000385. The normalized spacial score (nSPS) is 11.1. The monoisotopic (exact) mass is 494 g/mol. The van der Waals surface area contributed by atoms with Crippen molar-refractivity contribution < 1.29 is 19.4 Å². The molecule has 0 aliphatic carbocycles. The molecular formula is C23H25Cl2FN4O3. The summed E-state index contributed by atoms with van der Waals surface area (Å²) in [7, 11) is 0. The maximum atomic E-state index is 14.4. The van der Waals surface area contributed by atoms with Crippen molar-refractivity contribution in [3.63, 3.8) is 0 Å². The highest BCUT2D eigenvalue weighted by molar-refractivity contribution is 6.30. The van der Waals surface area contributed by atoms with E-state index in [1.807, 2.05) is 13.8 Å². The van der Waals surface area contributed by atoms with Gasteiger partial charge in [0.2, 0.25) is 0 Å². The first-order chi connectivity index (χ1) is 15.3. The van der Waals surface area contributed by atoms with Gasteiger partial charge in [-0.1, -0.05) is 25.4 Å². The largest absolute Gasteiger partial charge is 0.392 e. The Bertz CT molecular complexity index is 1100. The second kappa shape index (κ2) is 11.4. The molecule has 1 amide bonds. The summed E-state index contributed by atoms with van der Waals surface area (Å²) < 4.78 is 14.4. The predicted molar refractivity (Wildman–Crippen MR) is 128 cm³/mol. The van der Waals surface area contributed by atoms with Crippen LogP contribution in [-0.4, -0.2) is 45.0 Å². The number of nitrogens with one attached hydrogen (secondary N) is 2. The van der Waals surface area contributed by atoms with Crippen molar-refractivity contribution in [3.8, 4) is 11.3 Å². The lowest BCUT2D eigenvalue weighted by Gasteiger charge is -2.34. The fourth-order valence-corrected chi connectivity index (χ4v) is 3.33. The summed E-state index contributed by atoms with van der Waals surface area (Å²) in [4.78, 5) is 20.9. The SMILES string of the molecule is CC(C)c1cnc(-c2cc(Cl)ccc2F)cc1NC(CO)(CO)NC(=O)c1cccnc1.Cl. The lowest BCUT2D eigenvalue weighted by atomic mass is 9.99. The number of aliphatic hydroxyl groups is 2. The number of nitrogens with zero attached hydrogens (tertiary/aromatic N) is 2. The minimum absolute atomic E-state index is 0. The summed E-state index contributed by atoms with van der Waals surface area (Å²) in [5.74, 6) is -1.02. The number of carbonyl (C=O) groups is 1. The van der Waals surface area contributed by atoms with Gasteiger partial charge in [-0.3, -0.25) is 14.8 Å². The van der Waals surface area contributed by atoms with Crippen LogP contribution in [0.25, 0.3) is 11.3 Å². The molecule has 3 rings (SSSR count). The molecule has 0 atom stereocenters. The Morgan fingerprint density at radius 2 is 1.91 bits per heavy atom. The average Bonchev–Trinajstić information content (AvgIpc) is 2.80. The highest BCUT2D eigenvalue weighted by Gasteiger charge is 2.32. The number of aliphatic hydroxyl groups excluding tert-OH is 2. The Morgan fingerprint density at radius 3 is 2.52 bits per heavy atom. The van der Waals surface area contributed by atoms with E-state index in [1.165, 1.54) is 30.6 Å². The number of anilines is 1. The average molecular weight is 495 g/mol. The number of benzene rings is 1. The van der Waals surface area contributed by atoms with Crippen LogP contribution < -0.4 is 10.6 Å². The van der Waals surface area contributed by atoms with Crippen molar-refractivity contribution in [1.29, 1.82) is 0 Å². The third kappa shape index (κ3) is 6.17. The Labute approximate surface area is 202 Å². The number of amides is 1. The number of halogens is 3. The van der Waals surface area contributed by atoms with Gasteiger partial charge in [0.15, 0.2) is 5.66 Å². The second-order valence-electron chi connectivity index (χ2n) is 7.65. The van der Waals surface area contributed by atoms with E-state index in [-0.39, 0.29) is 29.5 Å². The van der Waals surface area contributed by atoms with E-state index in [0.717, 1.165) is 5.56 Å². The first-order valence-electron chi connectivity index (χ1n) is 9.96. The minimum atomic E-state index is -1.60. The van der Waals surface area contributed by atoms with Gasteiger partial charge < -0.3 is 20.8 Å². The molecule has 10 heteroatoms. The summed E-state index contributed by atoms with van der Waals surface area (Å²) in [5.41, 5.74) is 0.398. The van der Waals surface area contributed by atoms with Gasteiger partial charge >= 0.3 is 0 Å². The van der Waals surface area contributed by atoms with Crippen LogP contribution in [0.4, 0.5) is 10.1 Å². The molecular weight excluding hydrogens is 470 g/mol. The predicted octanol–water partition coefficient (Wildman–Crippen LogP) is 4.00. The Kier molecular flexibility index (Phi) is 9.13. The highest BCUT2D eigenvalue weighted by atomic mass is 35.5. The number of rotatable bonds is 8. The van der Waals surface area contributed by atoms with Gasteiger partial charge in [0.1, 0.15) is 5.82 Å². The molecule has 0 aliphatic heterocycles. The van der Waals surface area contributed by atoms with Crippen LogP contribution in [0.2, 0.25) is 5.02 Å². The number of carbonyl (C=O) groups excluding carboxylic acids is 1. The van der Waals surface area contributed by atoms with Crippen LogP contribution in [0.15, 0.2) is 55.0 Å². The van der Waals surface area contributed by atoms with E-state index in [2.05, 4.69) is 20.6 Å². The molecule has 0 bridgehead atoms. The van der Waals surface area contributed by atoms with Crippen molar-refractivity contribution in [1.82, 2.24) is 15.3 Å². The van der Waals surface area contributed by atoms with Crippen LogP contribution in [0, 0.1) is 5.82 Å². The van der Waals surface area contributed by atoms with E-state index >= 15 is 0 Å². The molecule has 0 aliphatic rings. The topological polar surface area (TPSA) is 107 Å². The molecule has 33 heavy (non-hydrogen) atoms. The standard InChI is InChI=1S/C23H24ClFN4O3.ClH/c1-14(2)18-11-27-20(17-8-16(24)5-6-19(17)25)9-21(18)28-23(12-30,13-31)29-22(32)15-4-3-7-26-10-15;/h3-11,14,30-31H,12-13H2,1-2H3,(H,27,28)(H,29,32);1H. The van der Waals surface area contributed by atoms with Crippen molar-refractivity contribution >= 4 is 35.6 Å². The van der Waals surface area contributed by atoms with E-state index in [9.17, 15) is 19.4 Å². The first-order valence-corrected chi connectivity index (χ1v) is 10.3. The first kappa shape index (κ1) is 26.5. The summed E-state index contributed by atoms with van der Waals surface area (Å²) in [6.07, 6.45) is 4.49. The van der Waals surface area contributed by atoms with Crippen molar-refractivity contribution in [3.05, 3.63) is 77.0 Å². The Morgan fingerprint density at radius 1 is 1.18 bits per heavy atom. The number of aromatic nitrogens is 2. The number of hydrogen-bond acceptors (Lipinski definition) is 6. The van der Waals surface area contributed by atoms with Gasteiger partial charge in [-0.15, -0.1) is 12.4 Å². The third-order valence-corrected chi connectivity index (χ3v) is 5.19. The van der Waals surface area contributed by atoms with Crippen LogP contribution in [0.1, 0.15) is 35.7 Å². The fourth-order valence-electron chi connectivity index (χ4n) is 3.16. The zero-order chi connectivity index (χ0) is 23.3. The highest BCUT2D eigenvalue weighted by Crippen LogP contribution is 2.32. The molecule has 0 saturated heterocycles. The van der Waals surface area contributed by atoms with E-state index in [0.29, 0.717) is 16.4 Å². The van der Waals surface area contributed by atoms with E-state index in [4.69, 9.17) is 11.6 Å². The molecule has 4 N–H and O–H groups in total. The van der Waals surface area contributed by atoms with Crippen LogP contribution in [-0.2, 0) is 0 Å². The van der Waals surface area contributed by atoms with Gasteiger partial charge in [-0.2, -0.15) is 0 Å². The summed E-state index contributed by atoms with van der Waals surface area (Å²) in [5, 5.41) is 26.2. The maximum Gasteiger partial charge on any atom is 0.254 e. The zero-order valence-corrected chi connectivity index (χ0v) is 19.6. The molecule has 0 radical (unpaired) electrons. The molecule has 7 nitrogen and oxygen atoms in total. The number of pyridine rings is 2. The van der Waals surface area contributed by atoms with Gasteiger partial charge in [0.25, 0.3) is 5.91 Å².